The molecule has 3 heteroatoms. The zero-order chi connectivity index (χ0) is 34.9. The van der Waals surface area contributed by atoms with E-state index >= 15 is 0 Å². The van der Waals surface area contributed by atoms with Crippen molar-refractivity contribution < 1.29 is 8.83 Å². The Morgan fingerprint density at radius 2 is 0.868 bits per heavy atom. The molecule has 0 radical (unpaired) electrons. The van der Waals surface area contributed by atoms with Crippen LogP contribution in [0.5, 0.6) is 0 Å². The second kappa shape index (κ2) is 11.7. The SMILES string of the molecule is c1ccc2c(-c3ccc(N(c4ccc(-c5cccc6oc7c8ccccc8ccc7c56)cc4)c4ccc5c(c4)oc4ccccc45)cc3)cccc2c1. The summed E-state index contributed by atoms with van der Waals surface area (Å²) in [4.78, 5) is 2.31. The van der Waals surface area contributed by atoms with E-state index in [2.05, 4.69) is 181 Å². The third kappa shape index (κ3) is 4.75. The van der Waals surface area contributed by atoms with E-state index in [-0.39, 0.29) is 0 Å². The van der Waals surface area contributed by atoms with Gasteiger partial charge in [0, 0.05) is 50.1 Å². The van der Waals surface area contributed by atoms with Crippen molar-refractivity contribution in [1.29, 1.82) is 0 Å². The van der Waals surface area contributed by atoms with E-state index in [4.69, 9.17) is 8.83 Å². The lowest BCUT2D eigenvalue weighted by molar-refractivity contribution is 0.669. The average Bonchev–Trinajstić information content (AvgIpc) is 3.80. The smallest absolute Gasteiger partial charge is 0.143 e. The number of hydrogen-bond acceptors (Lipinski definition) is 3. The molecule has 0 spiro atoms. The van der Waals surface area contributed by atoms with E-state index in [0.717, 1.165) is 77.5 Å². The Labute approximate surface area is 305 Å². The first kappa shape index (κ1) is 29.6. The third-order valence-corrected chi connectivity index (χ3v) is 10.7. The minimum Gasteiger partial charge on any atom is -0.456 e. The van der Waals surface area contributed by atoms with Crippen molar-refractivity contribution in [1.82, 2.24) is 0 Å². The molecule has 11 aromatic rings. The Morgan fingerprint density at radius 3 is 1.66 bits per heavy atom. The lowest BCUT2D eigenvalue weighted by Crippen LogP contribution is -2.09. The van der Waals surface area contributed by atoms with Crippen LogP contribution in [-0.4, -0.2) is 0 Å². The predicted octanol–water partition coefficient (Wildman–Crippen LogP) is 14.6. The predicted molar refractivity (Wildman–Crippen MR) is 222 cm³/mol. The van der Waals surface area contributed by atoms with E-state index in [9.17, 15) is 0 Å². The molecule has 2 aromatic heterocycles. The quantitative estimate of drug-likeness (QED) is 0.182. The highest BCUT2D eigenvalue weighted by molar-refractivity contribution is 6.19. The van der Waals surface area contributed by atoms with E-state index in [1.54, 1.807) is 0 Å². The van der Waals surface area contributed by atoms with Crippen LogP contribution in [0.2, 0.25) is 0 Å². The molecular formula is C50H31NO2. The van der Waals surface area contributed by atoms with Crippen LogP contribution in [0.4, 0.5) is 17.1 Å². The molecular weight excluding hydrogens is 647 g/mol. The van der Waals surface area contributed by atoms with Crippen LogP contribution in [0.15, 0.2) is 197 Å². The van der Waals surface area contributed by atoms with Gasteiger partial charge in [0.15, 0.2) is 0 Å². The Bertz CT molecular complexity index is 3160. The molecule has 2 heterocycles. The maximum Gasteiger partial charge on any atom is 0.143 e. The number of furan rings is 2. The van der Waals surface area contributed by atoms with Crippen LogP contribution in [0, 0.1) is 0 Å². The number of fused-ring (bicyclic) bond motifs is 9. The van der Waals surface area contributed by atoms with Crippen molar-refractivity contribution in [3.8, 4) is 22.3 Å². The lowest BCUT2D eigenvalue weighted by Gasteiger charge is -2.26. The molecule has 9 aromatic carbocycles. The van der Waals surface area contributed by atoms with Crippen LogP contribution in [-0.2, 0) is 0 Å². The number of hydrogen-bond donors (Lipinski definition) is 0. The van der Waals surface area contributed by atoms with Crippen LogP contribution in [0.3, 0.4) is 0 Å². The van der Waals surface area contributed by atoms with Gasteiger partial charge < -0.3 is 13.7 Å². The summed E-state index contributed by atoms with van der Waals surface area (Å²) in [5.74, 6) is 0. The Balaban J connectivity index is 1.04. The Morgan fingerprint density at radius 1 is 0.321 bits per heavy atom. The van der Waals surface area contributed by atoms with Crippen LogP contribution in [0.25, 0.3) is 87.7 Å². The molecule has 0 saturated heterocycles. The summed E-state index contributed by atoms with van der Waals surface area (Å²) in [6, 6.07) is 66.8. The Hall–Kier alpha value is -7.10. The number of rotatable bonds is 5. The molecule has 0 aliphatic rings. The Kier molecular flexibility index (Phi) is 6.55. The molecule has 0 aliphatic heterocycles. The van der Waals surface area contributed by atoms with Gasteiger partial charge in [0.1, 0.15) is 22.3 Å². The van der Waals surface area contributed by atoms with Crippen molar-refractivity contribution in [3.05, 3.63) is 188 Å². The van der Waals surface area contributed by atoms with Gasteiger partial charge >= 0.3 is 0 Å². The minimum absolute atomic E-state index is 0.865. The standard InChI is InChI=1S/C50H31NO2/c1-3-12-39-32(9-1)11-7-15-40(39)34-19-24-36(25-20-34)51(38-28-30-44-43-14-5-6-17-46(43)52-48(44)31-38)37-26-21-35(22-27-37)41-16-8-18-47-49(41)45-29-23-33-10-2-4-13-42(33)50(45)53-47/h1-31H. The molecule has 0 N–H and O–H groups in total. The summed E-state index contributed by atoms with van der Waals surface area (Å²) in [5.41, 5.74) is 11.4. The molecule has 0 amide bonds. The van der Waals surface area contributed by atoms with Crippen LogP contribution in [0.1, 0.15) is 0 Å². The van der Waals surface area contributed by atoms with E-state index in [1.807, 2.05) is 12.1 Å². The van der Waals surface area contributed by atoms with Crippen LogP contribution >= 0.6 is 0 Å². The molecule has 0 saturated carbocycles. The van der Waals surface area contributed by atoms with Gasteiger partial charge in [0.25, 0.3) is 0 Å². The van der Waals surface area contributed by atoms with Gasteiger partial charge in [-0.3, -0.25) is 0 Å². The first-order valence-electron chi connectivity index (χ1n) is 18.0. The second-order valence-electron chi connectivity index (χ2n) is 13.7. The fourth-order valence-corrected chi connectivity index (χ4v) is 8.15. The van der Waals surface area contributed by atoms with Crippen LogP contribution < -0.4 is 4.90 Å². The van der Waals surface area contributed by atoms with Gasteiger partial charge in [-0.25, -0.2) is 0 Å². The minimum atomic E-state index is 0.865. The van der Waals surface area contributed by atoms with E-state index in [0.29, 0.717) is 0 Å². The molecule has 0 aliphatic carbocycles. The fourth-order valence-electron chi connectivity index (χ4n) is 8.15. The molecule has 0 atom stereocenters. The molecule has 0 fully saturated rings. The van der Waals surface area contributed by atoms with Crippen molar-refractivity contribution in [2.24, 2.45) is 0 Å². The largest absolute Gasteiger partial charge is 0.456 e. The third-order valence-electron chi connectivity index (χ3n) is 10.7. The monoisotopic (exact) mass is 677 g/mol. The number of nitrogens with zero attached hydrogens (tertiary/aromatic N) is 1. The van der Waals surface area contributed by atoms with Gasteiger partial charge in [0.2, 0.25) is 0 Å². The molecule has 53 heavy (non-hydrogen) atoms. The van der Waals surface area contributed by atoms with E-state index < -0.39 is 0 Å². The van der Waals surface area contributed by atoms with Crippen molar-refractivity contribution >= 4 is 82.5 Å². The maximum atomic E-state index is 6.51. The number of para-hydroxylation sites is 1. The van der Waals surface area contributed by atoms with Crippen molar-refractivity contribution in [2.75, 3.05) is 4.90 Å². The zero-order valence-electron chi connectivity index (χ0n) is 28.7. The topological polar surface area (TPSA) is 29.5 Å². The summed E-state index contributed by atoms with van der Waals surface area (Å²) < 4.78 is 12.9. The first-order chi connectivity index (χ1) is 26.3. The molecule has 0 bridgehead atoms. The van der Waals surface area contributed by atoms with Gasteiger partial charge in [0.05, 0.1) is 0 Å². The summed E-state index contributed by atoms with van der Waals surface area (Å²) >= 11 is 0. The second-order valence-corrected chi connectivity index (χ2v) is 13.7. The highest BCUT2D eigenvalue weighted by Crippen LogP contribution is 2.43. The fraction of sp³-hybridized carbons (Fsp3) is 0. The zero-order valence-corrected chi connectivity index (χ0v) is 28.7. The molecule has 248 valence electrons. The van der Waals surface area contributed by atoms with E-state index in [1.165, 1.54) is 27.3 Å². The van der Waals surface area contributed by atoms with Crippen molar-refractivity contribution in [2.45, 2.75) is 0 Å². The summed E-state index contributed by atoms with van der Waals surface area (Å²) in [6.07, 6.45) is 0. The van der Waals surface area contributed by atoms with Gasteiger partial charge in [-0.15, -0.1) is 0 Å². The maximum absolute atomic E-state index is 6.51. The molecule has 3 nitrogen and oxygen atoms in total. The van der Waals surface area contributed by atoms with Crippen molar-refractivity contribution in [3.63, 3.8) is 0 Å². The van der Waals surface area contributed by atoms with Gasteiger partial charge in [-0.05, 0) is 93.0 Å². The summed E-state index contributed by atoms with van der Waals surface area (Å²) in [6.45, 7) is 0. The highest BCUT2D eigenvalue weighted by Gasteiger charge is 2.18. The van der Waals surface area contributed by atoms with Gasteiger partial charge in [-0.2, -0.15) is 0 Å². The number of benzene rings is 9. The normalized spacial score (nSPS) is 11.8. The lowest BCUT2D eigenvalue weighted by atomic mass is 9.97. The summed E-state index contributed by atoms with van der Waals surface area (Å²) in [5, 5.41) is 9.30. The highest BCUT2D eigenvalue weighted by atomic mass is 16.3. The first-order valence-corrected chi connectivity index (χ1v) is 18.0. The molecule has 11 rings (SSSR count). The average molecular weight is 678 g/mol. The molecule has 0 unspecified atom stereocenters. The van der Waals surface area contributed by atoms with Gasteiger partial charge in [-0.1, -0.05) is 127 Å². The number of anilines is 3. The summed E-state index contributed by atoms with van der Waals surface area (Å²) in [7, 11) is 0.